The van der Waals surface area contributed by atoms with Gasteiger partial charge in [0.2, 0.25) is 0 Å². The van der Waals surface area contributed by atoms with Gasteiger partial charge in [-0.05, 0) is 67.1 Å². The quantitative estimate of drug-likeness (QED) is 0.493. The summed E-state index contributed by atoms with van der Waals surface area (Å²) in [6.07, 6.45) is 4.83. The third-order valence-electron chi connectivity index (χ3n) is 6.88. The first kappa shape index (κ1) is 24.0. The van der Waals surface area contributed by atoms with E-state index in [4.69, 9.17) is 0 Å². The lowest BCUT2D eigenvalue weighted by atomic mass is 9.92. The molecule has 1 fully saturated rings. The summed E-state index contributed by atoms with van der Waals surface area (Å²) in [7, 11) is 0. The first-order valence-corrected chi connectivity index (χ1v) is 12.9. The van der Waals surface area contributed by atoms with Gasteiger partial charge in [-0.15, -0.1) is 0 Å². The zero-order valence-corrected chi connectivity index (χ0v) is 21.2. The van der Waals surface area contributed by atoms with Gasteiger partial charge in [0.15, 0.2) is 0 Å². The number of carbonyl (C=O) groups is 2. The Morgan fingerprint density at radius 1 is 1.15 bits per heavy atom. The van der Waals surface area contributed by atoms with Crippen molar-refractivity contribution in [2.24, 2.45) is 5.92 Å². The number of nitrogens with zero attached hydrogens (tertiary/aromatic N) is 2. The van der Waals surface area contributed by atoms with E-state index in [1.54, 1.807) is 6.07 Å². The van der Waals surface area contributed by atoms with E-state index in [9.17, 15) is 9.59 Å². The van der Waals surface area contributed by atoms with Crippen molar-refractivity contribution >= 4 is 27.7 Å². The normalized spacial score (nSPS) is 18.6. The average Bonchev–Trinajstić information content (AvgIpc) is 3.12. The fourth-order valence-electron chi connectivity index (χ4n) is 5.08. The largest absolute Gasteiger partial charge is 0.352 e. The van der Waals surface area contributed by atoms with E-state index in [0.717, 1.165) is 28.6 Å². The molecule has 2 heterocycles. The van der Waals surface area contributed by atoms with Crippen molar-refractivity contribution in [2.75, 3.05) is 19.6 Å². The lowest BCUT2D eigenvalue weighted by molar-refractivity contribution is 0.0766. The molecule has 1 saturated heterocycles. The number of fused-ring (bicyclic) bond motifs is 1. The highest BCUT2D eigenvalue weighted by atomic mass is 79.9. The van der Waals surface area contributed by atoms with Gasteiger partial charge in [-0.2, -0.15) is 0 Å². The topological polar surface area (TPSA) is 52.7 Å². The number of rotatable bonds is 8. The fourth-order valence-corrected chi connectivity index (χ4v) is 5.34. The zero-order valence-electron chi connectivity index (χ0n) is 19.6. The monoisotopic (exact) mass is 511 g/mol. The van der Waals surface area contributed by atoms with Crippen LogP contribution in [0.1, 0.15) is 71.4 Å². The van der Waals surface area contributed by atoms with Crippen molar-refractivity contribution in [3.63, 3.8) is 0 Å². The summed E-state index contributed by atoms with van der Waals surface area (Å²) in [4.78, 5) is 30.1. The molecule has 0 aliphatic carbocycles. The lowest BCUT2D eigenvalue weighted by Gasteiger charge is -2.38. The average molecular weight is 512 g/mol. The molecular weight excluding hydrogens is 478 g/mol. The second kappa shape index (κ2) is 10.8. The number of hydrogen-bond acceptors (Lipinski definition) is 3. The second-order valence-electron chi connectivity index (χ2n) is 9.61. The third-order valence-corrected chi connectivity index (χ3v) is 7.41. The maximum absolute atomic E-state index is 12.9. The van der Waals surface area contributed by atoms with E-state index in [-0.39, 0.29) is 11.8 Å². The maximum atomic E-state index is 12.9. The number of hydrogen-bond donors (Lipinski definition) is 1. The summed E-state index contributed by atoms with van der Waals surface area (Å²) in [5.41, 5.74) is 3.28. The number of likely N-dealkylation sites (tertiary alicyclic amines) is 1. The van der Waals surface area contributed by atoms with Gasteiger partial charge in [0.05, 0.1) is 0 Å². The van der Waals surface area contributed by atoms with Crippen molar-refractivity contribution < 1.29 is 9.59 Å². The van der Waals surface area contributed by atoms with Gasteiger partial charge in [0.1, 0.15) is 0 Å². The molecule has 0 saturated carbocycles. The van der Waals surface area contributed by atoms with Crippen LogP contribution in [0.4, 0.5) is 0 Å². The van der Waals surface area contributed by atoms with Gasteiger partial charge in [-0.1, -0.05) is 54.4 Å². The summed E-state index contributed by atoms with van der Waals surface area (Å²) >= 11 is 3.44. The Hall–Kier alpha value is -2.18. The van der Waals surface area contributed by atoms with Gasteiger partial charge in [0.25, 0.3) is 11.8 Å². The molecule has 176 valence electrons. The van der Waals surface area contributed by atoms with Crippen LogP contribution < -0.4 is 5.32 Å². The minimum absolute atomic E-state index is 0.00704. The smallest absolute Gasteiger partial charge is 0.254 e. The number of halogens is 1. The first-order valence-electron chi connectivity index (χ1n) is 12.1. The minimum Gasteiger partial charge on any atom is -0.352 e. The Bertz CT molecular complexity index is 989. The number of carbonyl (C=O) groups excluding carboxylic acids is 2. The van der Waals surface area contributed by atoms with Crippen molar-refractivity contribution in [1.82, 2.24) is 15.1 Å². The molecule has 2 aliphatic heterocycles. The summed E-state index contributed by atoms with van der Waals surface area (Å²) in [6.45, 7) is 8.60. The SMILES string of the molecule is CC(C)C1CCCCN1CCCNC(=O)c1ccc2c(c1)C(=O)N(Cc1ccc(Br)cc1)C2. The molecular formula is C27H34BrN3O2. The standard InChI is InChI=1S/C27H34BrN3O2/c1-19(2)25-6-3-4-14-30(25)15-5-13-29-26(32)21-9-10-22-18-31(27(33)24(22)16-21)17-20-7-11-23(28)12-8-20/h7-12,16,19,25H,3-6,13-15,17-18H2,1-2H3,(H,29,32). The molecule has 0 bridgehead atoms. The molecule has 33 heavy (non-hydrogen) atoms. The molecule has 1 N–H and O–H groups in total. The zero-order chi connectivity index (χ0) is 23.4. The van der Waals surface area contributed by atoms with Crippen molar-refractivity contribution in [3.8, 4) is 0 Å². The Kier molecular flexibility index (Phi) is 7.86. The molecule has 6 heteroatoms. The maximum Gasteiger partial charge on any atom is 0.254 e. The van der Waals surface area contributed by atoms with Crippen LogP contribution in [-0.2, 0) is 13.1 Å². The van der Waals surface area contributed by atoms with Gasteiger partial charge >= 0.3 is 0 Å². The Morgan fingerprint density at radius 2 is 1.94 bits per heavy atom. The minimum atomic E-state index is -0.101. The summed E-state index contributed by atoms with van der Waals surface area (Å²) in [5, 5.41) is 3.05. The summed E-state index contributed by atoms with van der Waals surface area (Å²) in [6, 6.07) is 14.2. The predicted octanol–water partition coefficient (Wildman–Crippen LogP) is 5.24. The molecule has 2 aliphatic rings. The third kappa shape index (κ3) is 5.85. The van der Waals surface area contributed by atoms with Crippen LogP contribution >= 0.6 is 15.9 Å². The molecule has 4 rings (SSSR count). The number of piperidine rings is 1. The van der Waals surface area contributed by atoms with E-state index in [1.807, 2.05) is 41.3 Å². The van der Waals surface area contributed by atoms with E-state index in [2.05, 4.69) is 40.0 Å². The van der Waals surface area contributed by atoms with E-state index >= 15 is 0 Å². The first-order chi connectivity index (χ1) is 15.9. The number of nitrogens with one attached hydrogen (secondary N) is 1. The highest BCUT2D eigenvalue weighted by Crippen LogP contribution is 2.26. The molecule has 2 aromatic rings. The predicted molar refractivity (Wildman–Crippen MR) is 135 cm³/mol. The van der Waals surface area contributed by atoms with Crippen LogP contribution in [0.15, 0.2) is 46.9 Å². The number of amides is 2. The summed E-state index contributed by atoms with van der Waals surface area (Å²) in [5.74, 6) is 0.565. The summed E-state index contributed by atoms with van der Waals surface area (Å²) < 4.78 is 1.02. The highest BCUT2D eigenvalue weighted by Gasteiger charge is 2.28. The molecule has 1 atom stereocenters. The Morgan fingerprint density at radius 3 is 2.70 bits per heavy atom. The second-order valence-corrected chi connectivity index (χ2v) is 10.5. The molecule has 0 aromatic heterocycles. The molecule has 0 radical (unpaired) electrons. The van der Waals surface area contributed by atoms with Crippen molar-refractivity contribution in [1.29, 1.82) is 0 Å². The Labute approximate surface area is 205 Å². The van der Waals surface area contributed by atoms with Crippen molar-refractivity contribution in [2.45, 2.75) is 58.7 Å². The lowest BCUT2D eigenvalue weighted by Crippen LogP contribution is -2.43. The van der Waals surface area contributed by atoms with Crippen molar-refractivity contribution in [3.05, 3.63) is 69.2 Å². The molecule has 2 amide bonds. The molecule has 0 spiro atoms. The number of benzene rings is 2. The van der Waals surface area contributed by atoms with Crippen LogP contribution in [0.2, 0.25) is 0 Å². The van der Waals surface area contributed by atoms with Crippen LogP contribution in [0.3, 0.4) is 0 Å². The van der Waals surface area contributed by atoms with Gasteiger partial charge < -0.3 is 15.1 Å². The molecule has 1 unspecified atom stereocenters. The van der Waals surface area contributed by atoms with Crippen LogP contribution in [0.5, 0.6) is 0 Å². The fraction of sp³-hybridized carbons (Fsp3) is 0.481. The van der Waals surface area contributed by atoms with Crippen LogP contribution in [0, 0.1) is 5.92 Å². The van der Waals surface area contributed by atoms with Crippen LogP contribution in [-0.4, -0.2) is 47.3 Å². The highest BCUT2D eigenvalue weighted by molar-refractivity contribution is 9.10. The van der Waals surface area contributed by atoms with Gasteiger partial charge in [0, 0.05) is 47.8 Å². The van der Waals surface area contributed by atoms with E-state index < -0.39 is 0 Å². The van der Waals surface area contributed by atoms with E-state index in [0.29, 0.717) is 42.7 Å². The van der Waals surface area contributed by atoms with Gasteiger partial charge in [-0.3, -0.25) is 9.59 Å². The molecule has 5 nitrogen and oxygen atoms in total. The van der Waals surface area contributed by atoms with Gasteiger partial charge in [-0.25, -0.2) is 0 Å². The van der Waals surface area contributed by atoms with E-state index in [1.165, 1.54) is 25.8 Å². The molecule has 2 aromatic carbocycles. The van der Waals surface area contributed by atoms with Crippen LogP contribution in [0.25, 0.3) is 0 Å². The Balaban J connectivity index is 1.29.